The Bertz CT molecular complexity index is 316. The van der Waals surface area contributed by atoms with Crippen molar-refractivity contribution < 1.29 is 4.21 Å². The molecule has 2 aliphatic rings. The Hall–Kier alpha value is 0.110. The van der Waals surface area contributed by atoms with Gasteiger partial charge in [0, 0.05) is 28.6 Å². The van der Waals surface area contributed by atoms with Gasteiger partial charge in [0.2, 0.25) is 0 Å². The standard InChI is InChI=1S/C15H29NOS/c1-5-12-10-18(17)14-9-11(15(3,4)6-2)7-8-13(14)16-12/h11-14,16H,5-10H2,1-4H3. The number of hydrogen-bond donors (Lipinski definition) is 1. The van der Waals surface area contributed by atoms with E-state index < -0.39 is 10.8 Å². The topological polar surface area (TPSA) is 29.1 Å². The van der Waals surface area contributed by atoms with Crippen LogP contribution in [0.15, 0.2) is 0 Å². The van der Waals surface area contributed by atoms with Gasteiger partial charge in [-0.05, 0) is 37.0 Å². The van der Waals surface area contributed by atoms with Gasteiger partial charge in [0.15, 0.2) is 0 Å². The van der Waals surface area contributed by atoms with Crippen LogP contribution in [0, 0.1) is 11.3 Å². The number of fused-ring (bicyclic) bond motifs is 1. The monoisotopic (exact) mass is 271 g/mol. The van der Waals surface area contributed by atoms with Crippen molar-refractivity contribution in [2.75, 3.05) is 5.75 Å². The normalized spacial score (nSPS) is 41.4. The molecule has 0 aromatic carbocycles. The van der Waals surface area contributed by atoms with Crippen molar-refractivity contribution in [3.8, 4) is 0 Å². The molecule has 0 amide bonds. The van der Waals surface area contributed by atoms with Crippen molar-refractivity contribution >= 4 is 10.8 Å². The molecule has 0 aromatic rings. The molecule has 5 unspecified atom stereocenters. The van der Waals surface area contributed by atoms with Crippen LogP contribution < -0.4 is 5.32 Å². The Kier molecular flexibility index (Phi) is 4.53. The molecule has 5 atom stereocenters. The fourth-order valence-corrected chi connectivity index (χ4v) is 5.52. The molecule has 106 valence electrons. The summed E-state index contributed by atoms with van der Waals surface area (Å²) < 4.78 is 12.4. The lowest BCUT2D eigenvalue weighted by Crippen LogP contribution is -2.58. The highest BCUT2D eigenvalue weighted by Gasteiger charge is 2.42. The van der Waals surface area contributed by atoms with Crippen molar-refractivity contribution in [2.45, 2.75) is 77.1 Å². The lowest BCUT2D eigenvalue weighted by atomic mass is 9.68. The molecule has 1 saturated heterocycles. The summed E-state index contributed by atoms with van der Waals surface area (Å²) in [6, 6.07) is 1.01. The van der Waals surface area contributed by atoms with E-state index >= 15 is 0 Å². The van der Waals surface area contributed by atoms with Crippen molar-refractivity contribution in [1.82, 2.24) is 5.32 Å². The summed E-state index contributed by atoms with van der Waals surface area (Å²) >= 11 is 0. The molecule has 18 heavy (non-hydrogen) atoms. The van der Waals surface area contributed by atoms with Crippen LogP contribution in [0.4, 0.5) is 0 Å². The summed E-state index contributed by atoms with van der Waals surface area (Å²) in [4.78, 5) is 0. The molecular formula is C15H29NOS. The van der Waals surface area contributed by atoms with Gasteiger partial charge in [0.25, 0.3) is 0 Å². The van der Waals surface area contributed by atoms with Crippen LogP contribution in [-0.4, -0.2) is 27.3 Å². The SMILES string of the molecule is CCC1CS(=O)C2CC(C(C)(C)CC)CCC2N1. The third-order valence-corrected chi connectivity index (χ3v) is 7.38. The smallest absolute Gasteiger partial charge is 0.0504 e. The Morgan fingerprint density at radius 3 is 2.61 bits per heavy atom. The van der Waals surface area contributed by atoms with Crippen molar-refractivity contribution in [1.29, 1.82) is 0 Å². The van der Waals surface area contributed by atoms with E-state index in [-0.39, 0.29) is 0 Å². The van der Waals surface area contributed by atoms with Crippen LogP contribution in [0.1, 0.15) is 59.8 Å². The van der Waals surface area contributed by atoms with E-state index in [1.165, 1.54) is 25.7 Å². The van der Waals surface area contributed by atoms with E-state index in [0.717, 1.165) is 18.1 Å². The van der Waals surface area contributed by atoms with Gasteiger partial charge < -0.3 is 5.32 Å². The van der Waals surface area contributed by atoms with E-state index in [1.54, 1.807) is 0 Å². The summed E-state index contributed by atoms with van der Waals surface area (Å²) in [6.45, 7) is 9.24. The molecule has 0 aromatic heterocycles. The zero-order valence-corrected chi connectivity index (χ0v) is 13.2. The maximum absolute atomic E-state index is 12.4. The Balaban J connectivity index is 2.04. The lowest BCUT2D eigenvalue weighted by Gasteiger charge is -2.46. The van der Waals surface area contributed by atoms with Crippen LogP contribution in [0.5, 0.6) is 0 Å². The Morgan fingerprint density at radius 2 is 2.00 bits per heavy atom. The summed E-state index contributed by atoms with van der Waals surface area (Å²) in [6.07, 6.45) is 6.04. The van der Waals surface area contributed by atoms with Crippen LogP contribution in [-0.2, 0) is 10.8 Å². The molecule has 0 spiro atoms. The highest BCUT2D eigenvalue weighted by atomic mass is 32.2. The fourth-order valence-electron chi connectivity index (χ4n) is 3.52. The van der Waals surface area contributed by atoms with Crippen molar-refractivity contribution in [3.05, 3.63) is 0 Å². The van der Waals surface area contributed by atoms with Crippen molar-refractivity contribution in [2.24, 2.45) is 11.3 Å². The number of hydrogen-bond acceptors (Lipinski definition) is 2. The van der Waals surface area contributed by atoms with Crippen LogP contribution in [0.2, 0.25) is 0 Å². The second kappa shape index (κ2) is 5.62. The first-order valence-corrected chi connectivity index (χ1v) is 8.99. The Labute approximate surface area is 115 Å². The minimum absolute atomic E-state index is 0.413. The highest BCUT2D eigenvalue weighted by Crippen LogP contribution is 2.42. The predicted octanol–water partition coefficient (Wildman–Crippen LogP) is 3.09. The number of nitrogens with one attached hydrogen (secondary N) is 1. The quantitative estimate of drug-likeness (QED) is 0.854. The molecule has 1 N–H and O–H groups in total. The maximum Gasteiger partial charge on any atom is 0.0504 e. The van der Waals surface area contributed by atoms with E-state index in [2.05, 4.69) is 33.0 Å². The summed E-state index contributed by atoms with van der Waals surface area (Å²) in [5, 5.41) is 4.15. The van der Waals surface area contributed by atoms with E-state index in [1.807, 2.05) is 0 Å². The molecule has 3 heteroatoms. The average molecular weight is 271 g/mol. The van der Waals surface area contributed by atoms with Gasteiger partial charge in [-0.2, -0.15) is 0 Å². The first-order valence-electron chi connectivity index (χ1n) is 7.61. The predicted molar refractivity (Wildman–Crippen MR) is 79.2 cm³/mol. The second-order valence-electron chi connectivity index (χ2n) is 6.82. The molecule has 2 rings (SSSR count). The van der Waals surface area contributed by atoms with Crippen molar-refractivity contribution in [3.63, 3.8) is 0 Å². The molecule has 1 aliphatic carbocycles. The van der Waals surface area contributed by atoms with E-state index in [4.69, 9.17) is 0 Å². The minimum Gasteiger partial charge on any atom is -0.309 e. The highest BCUT2D eigenvalue weighted by molar-refractivity contribution is 7.85. The van der Waals surface area contributed by atoms with Crippen LogP contribution in [0.25, 0.3) is 0 Å². The van der Waals surface area contributed by atoms with Gasteiger partial charge in [-0.15, -0.1) is 0 Å². The maximum atomic E-state index is 12.4. The van der Waals surface area contributed by atoms with Gasteiger partial charge in [-0.3, -0.25) is 4.21 Å². The zero-order valence-electron chi connectivity index (χ0n) is 12.4. The van der Waals surface area contributed by atoms with Gasteiger partial charge in [0.05, 0.1) is 5.25 Å². The Morgan fingerprint density at radius 1 is 1.28 bits per heavy atom. The third kappa shape index (κ3) is 2.82. The molecule has 0 bridgehead atoms. The second-order valence-corrected chi connectivity index (χ2v) is 8.52. The lowest BCUT2D eigenvalue weighted by molar-refractivity contribution is 0.135. The first-order chi connectivity index (χ1) is 8.47. The molecule has 0 radical (unpaired) electrons. The number of rotatable bonds is 3. The molecule has 1 aliphatic heterocycles. The van der Waals surface area contributed by atoms with Gasteiger partial charge in [0.1, 0.15) is 0 Å². The molecular weight excluding hydrogens is 242 g/mol. The van der Waals surface area contributed by atoms with Gasteiger partial charge >= 0.3 is 0 Å². The van der Waals surface area contributed by atoms with Crippen LogP contribution in [0.3, 0.4) is 0 Å². The van der Waals surface area contributed by atoms with E-state index in [9.17, 15) is 4.21 Å². The van der Waals surface area contributed by atoms with E-state index in [0.29, 0.717) is 22.7 Å². The summed E-state index contributed by atoms with van der Waals surface area (Å²) in [5.74, 6) is 1.63. The molecule has 2 nitrogen and oxygen atoms in total. The first kappa shape index (κ1) is 14.5. The van der Waals surface area contributed by atoms with Gasteiger partial charge in [-0.25, -0.2) is 0 Å². The molecule has 1 heterocycles. The minimum atomic E-state index is -0.607. The summed E-state index contributed by atoms with van der Waals surface area (Å²) in [5.41, 5.74) is 0.413. The zero-order chi connectivity index (χ0) is 13.3. The largest absolute Gasteiger partial charge is 0.309 e. The third-order valence-electron chi connectivity index (χ3n) is 5.45. The van der Waals surface area contributed by atoms with Crippen LogP contribution >= 0.6 is 0 Å². The summed E-state index contributed by atoms with van der Waals surface area (Å²) in [7, 11) is -0.607. The molecule has 1 saturated carbocycles. The molecule has 2 fully saturated rings. The van der Waals surface area contributed by atoms with Gasteiger partial charge in [-0.1, -0.05) is 34.1 Å². The fraction of sp³-hybridized carbons (Fsp3) is 1.00. The average Bonchev–Trinajstić information content (AvgIpc) is 2.38.